The molecule has 0 radical (unpaired) electrons. The van der Waals surface area contributed by atoms with Crippen LogP contribution in [-0.4, -0.2) is 13.7 Å². The van der Waals surface area contributed by atoms with E-state index in [0.29, 0.717) is 0 Å². The van der Waals surface area contributed by atoms with E-state index in [9.17, 15) is 0 Å². The van der Waals surface area contributed by atoms with Crippen molar-refractivity contribution < 1.29 is 0 Å². The zero-order valence-corrected chi connectivity index (χ0v) is 34.2. The van der Waals surface area contributed by atoms with Gasteiger partial charge in [0.1, 0.15) is 0 Å². The Labute approximate surface area is 363 Å². The summed E-state index contributed by atoms with van der Waals surface area (Å²) in [7, 11) is 0. The van der Waals surface area contributed by atoms with Crippen molar-refractivity contribution in [1.82, 2.24) is 13.7 Å². The van der Waals surface area contributed by atoms with Gasteiger partial charge in [-0.1, -0.05) is 152 Å². The molecule has 0 fully saturated rings. The highest BCUT2D eigenvalue weighted by Crippen LogP contribution is 2.49. The summed E-state index contributed by atoms with van der Waals surface area (Å²) in [5.74, 6) is 0. The molecule has 0 N–H and O–H groups in total. The Morgan fingerprint density at radius 3 is 0.810 bits per heavy atom. The quantitative estimate of drug-likeness (QED) is 0.169. The van der Waals surface area contributed by atoms with Gasteiger partial charge < -0.3 is 13.7 Å². The normalized spacial score (nSPS) is 12.1. The van der Waals surface area contributed by atoms with Crippen LogP contribution in [0.1, 0.15) is 0 Å². The van der Waals surface area contributed by atoms with Crippen molar-refractivity contribution in [2.24, 2.45) is 0 Å². The van der Waals surface area contributed by atoms with Crippen LogP contribution in [0.4, 0.5) is 0 Å². The van der Waals surface area contributed by atoms with Crippen molar-refractivity contribution in [3.05, 3.63) is 224 Å². The highest BCUT2D eigenvalue weighted by atomic mass is 15.0. The van der Waals surface area contributed by atoms with Crippen molar-refractivity contribution in [3.63, 3.8) is 0 Å². The van der Waals surface area contributed by atoms with Gasteiger partial charge in [-0.2, -0.15) is 0 Å². The summed E-state index contributed by atoms with van der Waals surface area (Å²) in [5, 5.41) is 7.47. The van der Waals surface area contributed by atoms with Gasteiger partial charge in [0.25, 0.3) is 0 Å². The van der Waals surface area contributed by atoms with E-state index in [2.05, 4.69) is 238 Å². The monoisotopic (exact) mass is 799 g/mol. The van der Waals surface area contributed by atoms with Crippen LogP contribution in [0.15, 0.2) is 224 Å². The van der Waals surface area contributed by atoms with Crippen molar-refractivity contribution in [1.29, 1.82) is 0 Å². The van der Waals surface area contributed by atoms with Gasteiger partial charge in [-0.3, -0.25) is 0 Å². The van der Waals surface area contributed by atoms with Gasteiger partial charge in [-0.25, -0.2) is 0 Å². The van der Waals surface area contributed by atoms with Crippen LogP contribution in [0.3, 0.4) is 0 Å². The number of hydrogen-bond acceptors (Lipinski definition) is 0. The Balaban J connectivity index is 0.971. The Kier molecular flexibility index (Phi) is 7.11. The lowest BCUT2D eigenvalue weighted by atomic mass is 9.81. The van der Waals surface area contributed by atoms with Crippen LogP contribution < -0.4 is 0 Å². The van der Waals surface area contributed by atoms with E-state index in [1.54, 1.807) is 0 Å². The largest absolute Gasteiger partial charge is 0.309 e. The van der Waals surface area contributed by atoms with E-state index in [0.717, 1.165) is 17.1 Å². The van der Waals surface area contributed by atoms with Crippen molar-refractivity contribution in [3.8, 4) is 61.6 Å². The minimum absolute atomic E-state index is 1.14. The standard InChI is InChI=1S/C60H37N3/c1-2-16-42-41(15-1)43-17-3-4-19-45(43)47-32-29-38(35-52(47)46-20-6-5-18-44(42)46)62-57-27-13-9-23-50(57)54-37-40(31-34-59(54)62)63-58-28-14-10-24-51(58)53-36-39(30-33-60(53)63)61-55-25-11-7-21-48(55)49-22-8-12-26-56(49)61/h1-37H. The molecule has 1 aliphatic rings. The average molecular weight is 800 g/mol. The Hall–Kier alpha value is -8.40. The fourth-order valence-electron chi connectivity index (χ4n) is 10.9. The van der Waals surface area contributed by atoms with Crippen LogP contribution in [0.2, 0.25) is 0 Å². The molecule has 0 saturated carbocycles. The minimum atomic E-state index is 1.14. The Morgan fingerprint density at radius 1 is 0.175 bits per heavy atom. The zero-order chi connectivity index (χ0) is 41.2. The maximum atomic E-state index is 2.46. The molecule has 0 amide bonds. The summed E-state index contributed by atoms with van der Waals surface area (Å²) in [6, 6.07) is 82.9. The van der Waals surface area contributed by atoms with Crippen LogP contribution in [0, 0.1) is 0 Å². The molecule has 0 unspecified atom stereocenters. The second-order valence-electron chi connectivity index (χ2n) is 16.8. The molecule has 0 atom stereocenters. The average Bonchev–Trinajstić information content (AvgIpc) is 3.99. The Morgan fingerprint density at radius 2 is 0.429 bits per heavy atom. The van der Waals surface area contributed by atoms with Gasteiger partial charge in [0.05, 0.1) is 33.1 Å². The van der Waals surface area contributed by atoms with Crippen LogP contribution in [0.5, 0.6) is 0 Å². The number of nitrogens with zero attached hydrogens (tertiary/aromatic N) is 3. The second-order valence-corrected chi connectivity index (χ2v) is 16.8. The third kappa shape index (κ3) is 4.85. The fraction of sp³-hybridized carbons (Fsp3) is 0. The van der Waals surface area contributed by atoms with Crippen molar-refractivity contribution >= 4 is 65.4 Å². The van der Waals surface area contributed by atoms with E-state index < -0.39 is 0 Å². The first-order chi connectivity index (χ1) is 31.3. The van der Waals surface area contributed by atoms with Gasteiger partial charge in [0.15, 0.2) is 0 Å². The zero-order valence-electron chi connectivity index (χ0n) is 34.2. The summed E-state index contributed by atoms with van der Waals surface area (Å²) in [4.78, 5) is 0. The number of hydrogen-bond donors (Lipinski definition) is 0. The molecule has 0 bridgehead atoms. The summed E-state index contributed by atoms with van der Waals surface area (Å²) < 4.78 is 7.32. The molecule has 0 spiro atoms. The minimum Gasteiger partial charge on any atom is -0.309 e. The smallest absolute Gasteiger partial charge is 0.0542 e. The van der Waals surface area contributed by atoms with Crippen molar-refractivity contribution in [2.45, 2.75) is 0 Å². The summed E-state index contributed by atoms with van der Waals surface area (Å²) in [6.07, 6.45) is 0. The molecule has 0 aliphatic heterocycles. The topological polar surface area (TPSA) is 14.8 Å². The van der Waals surface area contributed by atoms with Gasteiger partial charge in [0, 0.05) is 49.4 Å². The number of benzene rings is 10. The lowest BCUT2D eigenvalue weighted by Gasteiger charge is -2.24. The van der Waals surface area contributed by atoms with Gasteiger partial charge in [-0.15, -0.1) is 0 Å². The number of rotatable bonds is 3. The number of para-hydroxylation sites is 4. The van der Waals surface area contributed by atoms with E-state index in [4.69, 9.17) is 0 Å². The SMILES string of the molecule is c1ccc2c(c1)-c1ccccc1-c1ccc(-n3c4ccccc4c4cc(-n5c6ccccc6c6cc(-n7c8ccccc8c8ccccc87)ccc65)ccc43)cc1-c1ccccc1-2. The molecule has 0 saturated heterocycles. The molecule has 10 aromatic carbocycles. The van der Waals surface area contributed by atoms with Gasteiger partial charge in [0.2, 0.25) is 0 Å². The Bertz CT molecular complexity index is 3980. The van der Waals surface area contributed by atoms with E-state index in [1.807, 2.05) is 0 Å². The molecule has 14 rings (SSSR count). The lowest BCUT2D eigenvalue weighted by Crippen LogP contribution is -2.00. The van der Waals surface area contributed by atoms with E-state index in [1.165, 1.54) is 110 Å². The lowest BCUT2D eigenvalue weighted by molar-refractivity contribution is 1.16. The first-order valence-electron chi connectivity index (χ1n) is 21.8. The highest BCUT2D eigenvalue weighted by molar-refractivity contribution is 6.14. The molecule has 292 valence electrons. The predicted molar refractivity (Wildman–Crippen MR) is 265 cm³/mol. The van der Waals surface area contributed by atoms with Gasteiger partial charge in [-0.05, 0) is 117 Å². The third-order valence-electron chi connectivity index (χ3n) is 13.6. The maximum absolute atomic E-state index is 2.46. The van der Waals surface area contributed by atoms with E-state index >= 15 is 0 Å². The summed E-state index contributed by atoms with van der Waals surface area (Å²) in [6.45, 7) is 0. The summed E-state index contributed by atoms with van der Waals surface area (Å²) >= 11 is 0. The highest BCUT2D eigenvalue weighted by Gasteiger charge is 2.24. The number of aromatic nitrogens is 3. The molecule has 13 aromatic rings. The van der Waals surface area contributed by atoms with Crippen LogP contribution in [0.25, 0.3) is 127 Å². The van der Waals surface area contributed by atoms with Crippen LogP contribution >= 0.6 is 0 Å². The molecule has 1 aliphatic carbocycles. The van der Waals surface area contributed by atoms with E-state index in [-0.39, 0.29) is 0 Å². The molecular weight excluding hydrogens is 763 g/mol. The third-order valence-corrected chi connectivity index (χ3v) is 13.6. The molecule has 3 heterocycles. The first kappa shape index (κ1) is 34.3. The first-order valence-corrected chi connectivity index (χ1v) is 21.8. The predicted octanol–water partition coefficient (Wildman–Crippen LogP) is 16.0. The maximum Gasteiger partial charge on any atom is 0.0542 e. The summed E-state index contributed by atoms with van der Waals surface area (Å²) in [5.41, 5.74) is 20.6. The molecule has 3 nitrogen and oxygen atoms in total. The molecule has 3 aromatic heterocycles. The number of fused-ring (bicyclic) bond motifs is 17. The molecular formula is C60H37N3. The fourth-order valence-corrected chi connectivity index (χ4v) is 10.9. The molecule has 63 heavy (non-hydrogen) atoms. The van der Waals surface area contributed by atoms with Crippen molar-refractivity contribution in [2.75, 3.05) is 0 Å². The van der Waals surface area contributed by atoms with Gasteiger partial charge >= 0.3 is 0 Å². The van der Waals surface area contributed by atoms with Crippen LogP contribution in [-0.2, 0) is 0 Å². The second kappa shape index (κ2) is 13.1. The molecule has 3 heteroatoms.